The normalized spacial score (nSPS) is 11.0. The van der Waals surface area contributed by atoms with Gasteiger partial charge in [0.1, 0.15) is 0 Å². The van der Waals surface area contributed by atoms with Crippen LogP contribution in [0.1, 0.15) is 27.6 Å². The Bertz CT molecular complexity index is 1170. The molecule has 4 rings (SSSR count). The van der Waals surface area contributed by atoms with Crippen LogP contribution < -0.4 is 11.1 Å². The zero-order valence-corrected chi connectivity index (χ0v) is 15.2. The number of hydrogen-bond acceptors (Lipinski definition) is 6. The molecule has 142 valence electrons. The maximum atomic E-state index is 12.2. The van der Waals surface area contributed by atoms with Crippen LogP contribution in [0.2, 0.25) is 0 Å². The molecule has 0 unspecified atom stereocenters. The van der Waals surface area contributed by atoms with E-state index in [-0.39, 0.29) is 18.3 Å². The van der Waals surface area contributed by atoms with Crippen molar-refractivity contribution in [1.29, 1.82) is 0 Å². The van der Waals surface area contributed by atoms with Gasteiger partial charge in [-0.3, -0.25) is 9.36 Å². The monoisotopic (exact) mass is 378 g/mol. The number of aryl methyl sites for hydroxylation is 1. The SMILES string of the molecule is Cc1ccc2oc(=O)n(Cc3noc(C(=O)NCCc4ccccc4)n3)c2c1. The molecule has 0 aliphatic heterocycles. The third-order valence-corrected chi connectivity index (χ3v) is 4.33. The summed E-state index contributed by atoms with van der Waals surface area (Å²) in [7, 11) is 0. The Morgan fingerprint density at radius 1 is 1.18 bits per heavy atom. The zero-order chi connectivity index (χ0) is 19.5. The van der Waals surface area contributed by atoms with Crippen LogP contribution in [0.4, 0.5) is 0 Å². The molecule has 0 atom stereocenters. The number of aromatic nitrogens is 3. The molecular formula is C20H18N4O4. The summed E-state index contributed by atoms with van der Waals surface area (Å²) in [5.74, 6) is -0.881. The molecule has 2 aromatic heterocycles. The van der Waals surface area contributed by atoms with Gasteiger partial charge in [0.2, 0.25) is 0 Å². The number of fused-ring (bicyclic) bond motifs is 1. The molecule has 2 aromatic carbocycles. The molecule has 1 amide bonds. The Labute approximate surface area is 159 Å². The average Bonchev–Trinajstić information content (AvgIpc) is 3.28. The van der Waals surface area contributed by atoms with Crippen molar-refractivity contribution in [2.45, 2.75) is 19.9 Å². The van der Waals surface area contributed by atoms with E-state index in [1.54, 1.807) is 6.07 Å². The fourth-order valence-corrected chi connectivity index (χ4v) is 2.91. The summed E-state index contributed by atoms with van der Waals surface area (Å²) >= 11 is 0. The third kappa shape index (κ3) is 3.71. The summed E-state index contributed by atoms with van der Waals surface area (Å²) in [6.45, 7) is 2.43. The number of nitrogens with zero attached hydrogens (tertiary/aromatic N) is 3. The lowest BCUT2D eigenvalue weighted by molar-refractivity contribution is 0.0910. The Hall–Kier alpha value is -3.68. The second-order valence-electron chi connectivity index (χ2n) is 6.43. The molecule has 0 radical (unpaired) electrons. The second-order valence-corrected chi connectivity index (χ2v) is 6.43. The van der Waals surface area contributed by atoms with E-state index in [0.717, 1.165) is 11.1 Å². The summed E-state index contributed by atoms with van der Waals surface area (Å²) in [4.78, 5) is 28.4. The lowest BCUT2D eigenvalue weighted by Crippen LogP contribution is -2.26. The quantitative estimate of drug-likeness (QED) is 0.552. The largest absolute Gasteiger partial charge is 0.420 e. The lowest BCUT2D eigenvalue weighted by atomic mass is 10.1. The van der Waals surface area contributed by atoms with Crippen molar-refractivity contribution in [2.24, 2.45) is 0 Å². The first-order chi connectivity index (χ1) is 13.6. The van der Waals surface area contributed by atoms with Crippen LogP contribution in [0.15, 0.2) is 62.3 Å². The third-order valence-electron chi connectivity index (χ3n) is 4.33. The number of carbonyl (C=O) groups excluding carboxylic acids is 1. The highest BCUT2D eigenvalue weighted by Crippen LogP contribution is 2.15. The van der Waals surface area contributed by atoms with Gasteiger partial charge >= 0.3 is 17.6 Å². The van der Waals surface area contributed by atoms with Gasteiger partial charge in [0.25, 0.3) is 0 Å². The summed E-state index contributed by atoms with van der Waals surface area (Å²) in [5.41, 5.74) is 3.24. The Balaban J connectivity index is 1.43. The van der Waals surface area contributed by atoms with E-state index in [0.29, 0.717) is 24.1 Å². The Morgan fingerprint density at radius 3 is 2.82 bits per heavy atom. The first kappa shape index (κ1) is 17.7. The minimum absolute atomic E-state index is 0.0517. The molecule has 0 aliphatic rings. The van der Waals surface area contributed by atoms with E-state index >= 15 is 0 Å². The number of rotatable bonds is 6. The van der Waals surface area contributed by atoms with Crippen molar-refractivity contribution in [1.82, 2.24) is 20.0 Å². The van der Waals surface area contributed by atoms with Crippen LogP contribution in [0.3, 0.4) is 0 Å². The molecule has 28 heavy (non-hydrogen) atoms. The van der Waals surface area contributed by atoms with Gasteiger partial charge in [0.15, 0.2) is 11.4 Å². The van der Waals surface area contributed by atoms with Crippen LogP contribution in [0, 0.1) is 6.92 Å². The lowest BCUT2D eigenvalue weighted by Gasteiger charge is -2.02. The van der Waals surface area contributed by atoms with Crippen molar-refractivity contribution in [3.05, 3.63) is 81.9 Å². The van der Waals surface area contributed by atoms with E-state index < -0.39 is 11.7 Å². The predicted molar refractivity (Wildman–Crippen MR) is 101 cm³/mol. The summed E-state index contributed by atoms with van der Waals surface area (Å²) in [6, 6.07) is 15.3. The van der Waals surface area contributed by atoms with Gasteiger partial charge in [-0.2, -0.15) is 4.98 Å². The van der Waals surface area contributed by atoms with Crippen molar-refractivity contribution in [3.63, 3.8) is 0 Å². The highest BCUT2D eigenvalue weighted by molar-refractivity contribution is 5.89. The number of benzene rings is 2. The van der Waals surface area contributed by atoms with E-state index in [9.17, 15) is 9.59 Å². The fraction of sp³-hybridized carbons (Fsp3) is 0.200. The molecule has 2 heterocycles. The molecule has 0 fully saturated rings. The summed E-state index contributed by atoms with van der Waals surface area (Å²) in [5, 5.41) is 6.55. The predicted octanol–water partition coefficient (Wildman–Crippen LogP) is 2.31. The van der Waals surface area contributed by atoms with Gasteiger partial charge in [0, 0.05) is 6.54 Å². The number of amides is 1. The van der Waals surface area contributed by atoms with Crippen LogP contribution >= 0.6 is 0 Å². The van der Waals surface area contributed by atoms with Crippen LogP contribution in [-0.4, -0.2) is 27.2 Å². The van der Waals surface area contributed by atoms with Crippen molar-refractivity contribution < 1.29 is 13.7 Å². The number of carbonyl (C=O) groups is 1. The molecule has 0 bridgehead atoms. The van der Waals surface area contributed by atoms with E-state index in [2.05, 4.69) is 15.5 Å². The van der Waals surface area contributed by atoms with E-state index in [1.165, 1.54) is 4.57 Å². The molecule has 0 spiro atoms. The van der Waals surface area contributed by atoms with E-state index in [1.807, 2.05) is 49.4 Å². The molecule has 0 saturated heterocycles. The molecule has 1 N–H and O–H groups in total. The highest BCUT2D eigenvalue weighted by Gasteiger charge is 2.17. The van der Waals surface area contributed by atoms with Crippen LogP contribution in [0.25, 0.3) is 11.1 Å². The minimum atomic E-state index is -0.515. The number of hydrogen-bond donors (Lipinski definition) is 1. The smallest absolute Gasteiger partial charge is 0.408 e. The molecule has 0 aliphatic carbocycles. The number of oxazole rings is 1. The topological polar surface area (TPSA) is 103 Å². The van der Waals surface area contributed by atoms with Gasteiger partial charge in [-0.25, -0.2) is 4.79 Å². The van der Waals surface area contributed by atoms with Gasteiger partial charge in [-0.15, -0.1) is 0 Å². The zero-order valence-electron chi connectivity index (χ0n) is 15.2. The molecular weight excluding hydrogens is 360 g/mol. The van der Waals surface area contributed by atoms with Gasteiger partial charge in [0.05, 0.1) is 12.1 Å². The van der Waals surface area contributed by atoms with Crippen molar-refractivity contribution >= 4 is 17.0 Å². The Kier molecular flexibility index (Phi) is 4.76. The maximum absolute atomic E-state index is 12.2. The first-order valence-electron chi connectivity index (χ1n) is 8.85. The van der Waals surface area contributed by atoms with Gasteiger partial charge in [-0.1, -0.05) is 41.6 Å². The standard InChI is InChI=1S/C20H18N4O4/c1-13-7-8-16-15(11-13)24(20(26)27-16)12-17-22-19(28-23-17)18(25)21-10-9-14-5-3-2-4-6-14/h2-8,11H,9-10,12H2,1H3,(H,21,25). The van der Waals surface area contributed by atoms with Gasteiger partial charge in [-0.05, 0) is 36.6 Å². The Morgan fingerprint density at radius 2 is 2.00 bits per heavy atom. The summed E-state index contributed by atoms with van der Waals surface area (Å²) in [6.07, 6.45) is 0.698. The molecule has 4 aromatic rings. The highest BCUT2D eigenvalue weighted by atomic mass is 16.5. The summed E-state index contributed by atoms with van der Waals surface area (Å²) < 4.78 is 11.7. The maximum Gasteiger partial charge on any atom is 0.420 e. The first-order valence-corrected chi connectivity index (χ1v) is 8.85. The second kappa shape index (κ2) is 7.51. The molecule has 0 saturated carbocycles. The molecule has 8 heteroatoms. The molecule has 8 nitrogen and oxygen atoms in total. The van der Waals surface area contributed by atoms with Crippen LogP contribution in [-0.2, 0) is 13.0 Å². The van der Waals surface area contributed by atoms with Crippen LogP contribution in [0.5, 0.6) is 0 Å². The minimum Gasteiger partial charge on any atom is -0.408 e. The average molecular weight is 378 g/mol. The van der Waals surface area contributed by atoms with Crippen molar-refractivity contribution in [3.8, 4) is 0 Å². The van der Waals surface area contributed by atoms with Gasteiger partial charge < -0.3 is 14.3 Å². The van der Waals surface area contributed by atoms with Crippen molar-refractivity contribution in [2.75, 3.05) is 6.54 Å². The van der Waals surface area contributed by atoms with E-state index in [4.69, 9.17) is 8.94 Å². The fourth-order valence-electron chi connectivity index (χ4n) is 2.91. The number of nitrogens with one attached hydrogen (secondary N) is 1.